The molecule has 0 bridgehead atoms. The molecule has 0 atom stereocenters. The highest BCUT2D eigenvalue weighted by molar-refractivity contribution is 7.89. The maximum absolute atomic E-state index is 12.8. The minimum Gasteiger partial charge on any atom is -0.493 e. The molecule has 0 unspecified atom stereocenters. The Morgan fingerprint density at radius 3 is 2.62 bits per heavy atom. The highest BCUT2D eigenvalue weighted by Crippen LogP contribution is 2.34. The lowest BCUT2D eigenvalue weighted by Gasteiger charge is -2.25. The molecule has 0 spiro atoms. The number of carbonyl (C=O) groups is 1. The zero-order valence-corrected chi connectivity index (χ0v) is 20.1. The molecule has 2 aromatic heterocycles. The standard InChI is InChI=1S/C24H23N3O5S2/c1-31-20-7-5-6-17-14-21(32-22(17)20)19-15-33-24(25-19)26-23(28)16-8-10-18(11-9-16)34(29,30)27-12-3-2-4-13-27/h5-11,14-15H,2-4,12-13H2,1H3,(H,25,26,28). The predicted molar refractivity (Wildman–Crippen MR) is 131 cm³/mol. The van der Waals surface area contributed by atoms with Gasteiger partial charge in [-0.1, -0.05) is 18.6 Å². The second kappa shape index (κ2) is 9.21. The van der Waals surface area contributed by atoms with Gasteiger partial charge >= 0.3 is 0 Å². The Kier molecular flexibility index (Phi) is 6.11. The van der Waals surface area contributed by atoms with Crippen LogP contribution in [0.3, 0.4) is 0 Å². The second-order valence-corrected chi connectivity index (χ2v) is 10.8. The summed E-state index contributed by atoms with van der Waals surface area (Å²) in [5.74, 6) is 0.843. The fraction of sp³-hybridized carbons (Fsp3) is 0.250. The van der Waals surface area contributed by atoms with E-state index in [-0.39, 0.29) is 10.8 Å². The minimum absolute atomic E-state index is 0.197. The van der Waals surface area contributed by atoms with Crippen LogP contribution in [0.5, 0.6) is 5.75 Å². The van der Waals surface area contributed by atoms with E-state index in [1.807, 2.05) is 24.3 Å². The number of aromatic nitrogens is 1. The lowest BCUT2D eigenvalue weighted by Crippen LogP contribution is -2.35. The number of hydrogen-bond donors (Lipinski definition) is 1. The Hall–Kier alpha value is -3.21. The topological polar surface area (TPSA) is 102 Å². The van der Waals surface area contributed by atoms with Gasteiger partial charge in [-0.3, -0.25) is 10.1 Å². The van der Waals surface area contributed by atoms with Crippen molar-refractivity contribution in [3.8, 4) is 17.2 Å². The van der Waals surface area contributed by atoms with Gasteiger partial charge < -0.3 is 9.15 Å². The van der Waals surface area contributed by atoms with Crippen molar-refractivity contribution in [1.29, 1.82) is 0 Å². The first-order valence-corrected chi connectivity index (χ1v) is 13.2. The normalized spacial score (nSPS) is 14.9. The van der Waals surface area contributed by atoms with Gasteiger partial charge in [0.1, 0.15) is 5.69 Å². The molecule has 1 fully saturated rings. The van der Waals surface area contributed by atoms with Gasteiger partial charge in [-0.15, -0.1) is 11.3 Å². The van der Waals surface area contributed by atoms with E-state index < -0.39 is 10.0 Å². The summed E-state index contributed by atoms with van der Waals surface area (Å²) in [6.07, 6.45) is 2.79. The van der Waals surface area contributed by atoms with E-state index in [0.717, 1.165) is 24.6 Å². The number of hydrogen-bond acceptors (Lipinski definition) is 7. The number of ether oxygens (including phenoxy) is 1. The number of amides is 1. The van der Waals surface area contributed by atoms with Gasteiger partial charge in [-0.05, 0) is 49.2 Å². The number of anilines is 1. The maximum Gasteiger partial charge on any atom is 0.257 e. The molecular formula is C24H23N3O5S2. The molecule has 0 radical (unpaired) electrons. The molecular weight excluding hydrogens is 474 g/mol. The van der Waals surface area contributed by atoms with Crippen LogP contribution in [0.2, 0.25) is 0 Å². The number of rotatable bonds is 6. The lowest BCUT2D eigenvalue weighted by atomic mass is 10.2. The first-order valence-electron chi connectivity index (χ1n) is 10.9. The van der Waals surface area contributed by atoms with Crippen LogP contribution >= 0.6 is 11.3 Å². The first-order chi connectivity index (χ1) is 16.5. The average molecular weight is 498 g/mol. The number of sulfonamides is 1. The Labute approximate surface area is 201 Å². The van der Waals surface area contributed by atoms with Gasteiger partial charge in [0, 0.05) is 29.4 Å². The van der Waals surface area contributed by atoms with Crippen LogP contribution in [0, 0.1) is 0 Å². The number of furan rings is 1. The summed E-state index contributed by atoms with van der Waals surface area (Å²) in [7, 11) is -1.95. The maximum atomic E-state index is 12.8. The molecule has 10 heteroatoms. The van der Waals surface area contributed by atoms with Gasteiger partial charge in [0.25, 0.3) is 5.91 Å². The fourth-order valence-corrected chi connectivity index (χ4v) is 6.18. The van der Waals surface area contributed by atoms with Crippen molar-refractivity contribution in [3.05, 3.63) is 59.5 Å². The Balaban J connectivity index is 1.30. The van der Waals surface area contributed by atoms with E-state index in [9.17, 15) is 13.2 Å². The summed E-state index contributed by atoms with van der Waals surface area (Å²) < 4.78 is 38.4. The number of thiazole rings is 1. The monoisotopic (exact) mass is 497 g/mol. The summed E-state index contributed by atoms with van der Waals surface area (Å²) in [6.45, 7) is 1.07. The SMILES string of the molecule is COc1cccc2cc(-c3csc(NC(=O)c4ccc(S(=O)(=O)N5CCCCC5)cc4)n3)oc12. The van der Waals surface area contributed by atoms with E-state index in [1.165, 1.54) is 39.9 Å². The van der Waals surface area contributed by atoms with Crippen LogP contribution < -0.4 is 10.1 Å². The quantitative estimate of drug-likeness (QED) is 0.403. The van der Waals surface area contributed by atoms with Crippen LogP contribution in [0.1, 0.15) is 29.6 Å². The third-order valence-electron chi connectivity index (χ3n) is 5.77. The third kappa shape index (κ3) is 4.31. The summed E-state index contributed by atoms with van der Waals surface area (Å²) in [4.78, 5) is 17.4. The molecule has 8 nitrogen and oxygen atoms in total. The number of piperidine rings is 1. The van der Waals surface area contributed by atoms with Crippen molar-refractivity contribution in [3.63, 3.8) is 0 Å². The van der Waals surface area contributed by atoms with Gasteiger partial charge in [-0.25, -0.2) is 13.4 Å². The van der Waals surface area contributed by atoms with Gasteiger partial charge in [0.15, 0.2) is 22.2 Å². The van der Waals surface area contributed by atoms with Gasteiger partial charge in [0.2, 0.25) is 10.0 Å². The van der Waals surface area contributed by atoms with Crippen molar-refractivity contribution in [2.75, 3.05) is 25.5 Å². The van der Waals surface area contributed by atoms with E-state index in [1.54, 1.807) is 12.5 Å². The van der Waals surface area contributed by atoms with Gasteiger partial charge in [0.05, 0.1) is 12.0 Å². The van der Waals surface area contributed by atoms with Crippen LogP contribution in [0.25, 0.3) is 22.4 Å². The number of nitrogens with one attached hydrogen (secondary N) is 1. The van der Waals surface area contributed by atoms with Crippen molar-refractivity contribution >= 4 is 43.4 Å². The number of fused-ring (bicyclic) bond motifs is 1. The van der Waals surface area contributed by atoms with Crippen LogP contribution in [0.15, 0.2) is 63.2 Å². The highest BCUT2D eigenvalue weighted by Gasteiger charge is 2.26. The zero-order valence-electron chi connectivity index (χ0n) is 18.5. The molecule has 1 amide bonds. The number of nitrogens with zero attached hydrogens (tertiary/aromatic N) is 2. The van der Waals surface area contributed by atoms with E-state index in [0.29, 0.717) is 46.6 Å². The fourth-order valence-electron chi connectivity index (χ4n) is 3.97. The summed E-state index contributed by atoms with van der Waals surface area (Å²) >= 11 is 1.28. The van der Waals surface area contributed by atoms with Gasteiger partial charge in [-0.2, -0.15) is 4.31 Å². The second-order valence-electron chi connectivity index (χ2n) is 7.97. The zero-order chi connectivity index (χ0) is 23.7. The first kappa shape index (κ1) is 22.6. The van der Waals surface area contributed by atoms with Crippen LogP contribution in [-0.4, -0.2) is 43.8 Å². The molecule has 4 aromatic rings. The average Bonchev–Trinajstić information content (AvgIpc) is 3.51. The van der Waals surface area contributed by atoms with Crippen molar-refractivity contribution in [1.82, 2.24) is 9.29 Å². The van der Waals surface area contributed by atoms with E-state index >= 15 is 0 Å². The molecule has 2 aromatic carbocycles. The number of methoxy groups -OCH3 is 1. The van der Waals surface area contributed by atoms with E-state index in [2.05, 4.69) is 10.3 Å². The van der Waals surface area contributed by atoms with Crippen molar-refractivity contribution < 1.29 is 22.4 Å². The molecule has 0 aliphatic carbocycles. The minimum atomic E-state index is -3.53. The molecule has 1 N–H and O–H groups in total. The molecule has 176 valence electrons. The third-order valence-corrected chi connectivity index (χ3v) is 8.44. The smallest absolute Gasteiger partial charge is 0.257 e. The van der Waals surface area contributed by atoms with Crippen molar-refractivity contribution in [2.45, 2.75) is 24.2 Å². The molecule has 34 heavy (non-hydrogen) atoms. The van der Waals surface area contributed by atoms with Crippen LogP contribution in [-0.2, 0) is 10.0 Å². The molecule has 5 rings (SSSR count). The van der Waals surface area contributed by atoms with E-state index in [4.69, 9.17) is 9.15 Å². The molecule has 3 heterocycles. The highest BCUT2D eigenvalue weighted by atomic mass is 32.2. The Morgan fingerprint density at radius 1 is 1.12 bits per heavy atom. The number of carbonyl (C=O) groups excluding carboxylic acids is 1. The molecule has 0 saturated carbocycles. The number of benzene rings is 2. The van der Waals surface area contributed by atoms with Crippen LogP contribution in [0.4, 0.5) is 5.13 Å². The Bertz CT molecular complexity index is 1440. The summed E-state index contributed by atoms with van der Waals surface area (Å²) in [5.41, 5.74) is 1.59. The number of para-hydroxylation sites is 1. The molecule has 1 aliphatic rings. The Morgan fingerprint density at radius 2 is 1.88 bits per heavy atom. The summed E-state index contributed by atoms with van der Waals surface area (Å²) in [6, 6.07) is 13.5. The lowest BCUT2D eigenvalue weighted by molar-refractivity contribution is 0.102. The molecule has 1 aliphatic heterocycles. The van der Waals surface area contributed by atoms with Crippen molar-refractivity contribution in [2.24, 2.45) is 0 Å². The molecule has 1 saturated heterocycles. The predicted octanol–water partition coefficient (Wildman–Crippen LogP) is 4.99. The summed E-state index contributed by atoms with van der Waals surface area (Å²) in [5, 5.41) is 5.88. The largest absolute Gasteiger partial charge is 0.493 e.